The second-order valence-corrected chi connectivity index (χ2v) is 11.6. The second kappa shape index (κ2) is 7.47. The smallest absolute Gasteiger partial charge is 0.254 e. The van der Waals surface area contributed by atoms with Crippen LogP contribution in [0.1, 0.15) is 90.2 Å². The summed E-state index contributed by atoms with van der Waals surface area (Å²) in [4.78, 5) is 29.5. The van der Waals surface area contributed by atoms with E-state index < -0.39 is 11.2 Å². The molecular formula is C30H29FN6O. The Morgan fingerprint density at radius 2 is 1.76 bits per heavy atom. The molecule has 2 fully saturated rings. The van der Waals surface area contributed by atoms with Gasteiger partial charge in [-0.05, 0) is 73.4 Å². The third-order valence-electron chi connectivity index (χ3n) is 9.54. The molecule has 2 aromatic heterocycles. The van der Waals surface area contributed by atoms with Crippen molar-refractivity contribution >= 4 is 16.9 Å². The van der Waals surface area contributed by atoms with Crippen LogP contribution in [0, 0.1) is 0 Å². The molecule has 2 aromatic carbocycles. The zero-order valence-electron chi connectivity index (χ0n) is 21.3. The van der Waals surface area contributed by atoms with Crippen molar-refractivity contribution in [2.24, 2.45) is 5.73 Å². The lowest BCUT2D eigenvalue weighted by Gasteiger charge is -2.37. The maximum absolute atomic E-state index is 16.0. The fourth-order valence-corrected chi connectivity index (χ4v) is 6.96. The summed E-state index contributed by atoms with van der Waals surface area (Å²) in [5, 5.41) is 0. The molecule has 2 bridgehead atoms. The van der Waals surface area contributed by atoms with Gasteiger partial charge in [-0.2, -0.15) is 0 Å². The molecule has 2 atom stereocenters. The molecule has 2 N–H and O–H groups in total. The summed E-state index contributed by atoms with van der Waals surface area (Å²) in [5.74, 6) is 1.51. The molecule has 4 aromatic rings. The Kier molecular flexibility index (Phi) is 4.39. The molecule has 8 rings (SSSR count). The van der Waals surface area contributed by atoms with Crippen molar-refractivity contribution in [3.8, 4) is 11.1 Å². The normalized spacial score (nSPS) is 24.4. The van der Waals surface area contributed by atoms with Gasteiger partial charge in [0, 0.05) is 37.0 Å². The third kappa shape index (κ3) is 2.86. The summed E-state index contributed by atoms with van der Waals surface area (Å²) in [6, 6.07) is 11.4. The second-order valence-electron chi connectivity index (χ2n) is 11.6. The van der Waals surface area contributed by atoms with Crippen molar-refractivity contribution < 1.29 is 9.18 Å². The molecule has 4 aliphatic rings. The van der Waals surface area contributed by atoms with E-state index in [0.29, 0.717) is 36.2 Å². The number of hydrogen-bond acceptors (Lipinski definition) is 5. The Balaban J connectivity index is 1.28. The van der Waals surface area contributed by atoms with Crippen LogP contribution >= 0.6 is 0 Å². The average Bonchev–Trinajstić information content (AvgIpc) is 3.43. The number of nitrogens with zero attached hydrogens (tertiary/aromatic N) is 5. The minimum atomic E-state index is -1.37. The first-order chi connectivity index (χ1) is 18.4. The van der Waals surface area contributed by atoms with Crippen LogP contribution in [0.4, 0.5) is 4.39 Å². The number of carbonyl (C=O) groups is 1. The van der Waals surface area contributed by atoms with Gasteiger partial charge in [0.15, 0.2) is 0 Å². The van der Waals surface area contributed by atoms with Gasteiger partial charge in [-0.15, -0.1) is 0 Å². The van der Waals surface area contributed by atoms with Gasteiger partial charge in [-0.1, -0.05) is 18.2 Å². The molecule has 0 unspecified atom stereocenters. The van der Waals surface area contributed by atoms with Gasteiger partial charge in [0.2, 0.25) is 0 Å². The first-order valence-electron chi connectivity index (χ1n) is 13.6. The van der Waals surface area contributed by atoms with E-state index >= 15 is 4.39 Å². The summed E-state index contributed by atoms with van der Waals surface area (Å²) >= 11 is 0. The highest BCUT2D eigenvalue weighted by Gasteiger charge is 2.48. The topological polar surface area (TPSA) is 89.9 Å². The Hall–Kier alpha value is -3.65. The van der Waals surface area contributed by atoms with E-state index in [-0.39, 0.29) is 18.0 Å². The fraction of sp³-hybridized carbons (Fsp3) is 0.400. The molecule has 0 saturated heterocycles. The molecule has 0 radical (unpaired) electrons. The molecule has 0 spiro atoms. The van der Waals surface area contributed by atoms with Crippen LogP contribution < -0.4 is 5.73 Å². The highest BCUT2D eigenvalue weighted by molar-refractivity contribution is 5.97. The Morgan fingerprint density at radius 1 is 1.00 bits per heavy atom. The van der Waals surface area contributed by atoms with Crippen LogP contribution in [0.2, 0.25) is 0 Å². The average molecular weight is 509 g/mol. The highest BCUT2D eigenvalue weighted by Crippen LogP contribution is 2.53. The first-order valence-corrected chi connectivity index (χ1v) is 13.6. The number of aromatic nitrogens is 4. The highest BCUT2D eigenvalue weighted by atomic mass is 19.1. The van der Waals surface area contributed by atoms with Crippen LogP contribution in [-0.2, 0) is 11.2 Å². The standard InChI is InChI=1S/C30H29FN6O/c1-36-24-14-23(25-19(27(36)38)5-2-6-20(25)29(31)9-3-10-29)37-22-13-17(7-8-21(22)35-26(24)37)18-15-33-28(34-16-18)30(32)11-4-12-30/h2,5-8,13,15-16,23-24H,3-4,9-12,14,32H2,1H3/t23-,24-/m1/s1. The van der Waals surface area contributed by atoms with Gasteiger partial charge >= 0.3 is 0 Å². The van der Waals surface area contributed by atoms with Crippen molar-refractivity contribution in [1.82, 2.24) is 24.4 Å². The zero-order valence-corrected chi connectivity index (χ0v) is 21.3. The monoisotopic (exact) mass is 508 g/mol. The maximum Gasteiger partial charge on any atom is 0.254 e. The van der Waals surface area contributed by atoms with Crippen molar-refractivity contribution in [3.63, 3.8) is 0 Å². The quantitative estimate of drug-likeness (QED) is 0.406. The number of carbonyl (C=O) groups excluding carboxylic acids is 1. The minimum absolute atomic E-state index is 0.0577. The molecular weight excluding hydrogens is 479 g/mol. The summed E-state index contributed by atoms with van der Waals surface area (Å²) in [6.07, 6.45) is 9.23. The number of hydrogen-bond donors (Lipinski definition) is 1. The molecule has 4 heterocycles. The van der Waals surface area contributed by atoms with Gasteiger partial charge in [0.25, 0.3) is 5.91 Å². The Labute approximate surface area is 219 Å². The summed E-state index contributed by atoms with van der Waals surface area (Å²) in [6.45, 7) is 0. The van der Waals surface area contributed by atoms with E-state index in [1.54, 1.807) is 4.90 Å². The zero-order chi connectivity index (χ0) is 25.8. The van der Waals surface area contributed by atoms with E-state index in [2.05, 4.69) is 20.6 Å². The van der Waals surface area contributed by atoms with Crippen molar-refractivity contribution in [3.05, 3.63) is 77.1 Å². The fourth-order valence-electron chi connectivity index (χ4n) is 6.96. The summed E-state index contributed by atoms with van der Waals surface area (Å²) < 4.78 is 18.2. The van der Waals surface area contributed by atoms with Crippen molar-refractivity contribution in [2.45, 2.75) is 68.2 Å². The van der Waals surface area contributed by atoms with E-state index in [1.807, 2.05) is 49.8 Å². The van der Waals surface area contributed by atoms with Gasteiger partial charge in [0.1, 0.15) is 17.3 Å². The van der Waals surface area contributed by atoms with Gasteiger partial charge in [-0.3, -0.25) is 4.79 Å². The predicted molar refractivity (Wildman–Crippen MR) is 141 cm³/mol. The molecule has 7 nitrogen and oxygen atoms in total. The number of imidazole rings is 1. The SMILES string of the molecule is CN1C(=O)c2cccc(C3(F)CCC3)c2[C@H]2C[C@@H]1c1nc3ccc(-c4cnc(C5(N)CCC5)nc4)cc3n12. The Morgan fingerprint density at radius 3 is 2.45 bits per heavy atom. The number of fused-ring (bicyclic) bond motifs is 9. The minimum Gasteiger partial charge on any atom is -0.331 e. The summed E-state index contributed by atoms with van der Waals surface area (Å²) in [5.41, 5.74) is 10.5. The predicted octanol–water partition coefficient (Wildman–Crippen LogP) is 5.30. The number of benzene rings is 2. The third-order valence-corrected chi connectivity index (χ3v) is 9.54. The molecule has 38 heavy (non-hydrogen) atoms. The maximum atomic E-state index is 16.0. The lowest BCUT2D eigenvalue weighted by Crippen LogP contribution is -2.44. The number of amides is 1. The molecule has 2 aliphatic heterocycles. The number of nitrogens with two attached hydrogens (primary N) is 1. The van der Waals surface area contributed by atoms with Crippen molar-refractivity contribution in [1.29, 1.82) is 0 Å². The Bertz CT molecular complexity index is 1630. The molecule has 2 aliphatic carbocycles. The van der Waals surface area contributed by atoms with Crippen LogP contribution in [0.25, 0.3) is 22.2 Å². The molecule has 1 amide bonds. The van der Waals surface area contributed by atoms with E-state index in [0.717, 1.165) is 59.2 Å². The van der Waals surface area contributed by atoms with Gasteiger partial charge < -0.3 is 15.2 Å². The number of halogens is 1. The number of rotatable bonds is 3. The lowest BCUT2D eigenvalue weighted by molar-refractivity contribution is 0.0592. The van der Waals surface area contributed by atoms with Crippen LogP contribution in [0.3, 0.4) is 0 Å². The summed E-state index contributed by atoms with van der Waals surface area (Å²) in [7, 11) is 1.84. The van der Waals surface area contributed by atoms with E-state index in [4.69, 9.17) is 10.7 Å². The first kappa shape index (κ1) is 22.3. The van der Waals surface area contributed by atoms with E-state index in [1.165, 1.54) is 0 Å². The lowest BCUT2D eigenvalue weighted by atomic mass is 9.73. The molecule has 192 valence electrons. The van der Waals surface area contributed by atoms with Gasteiger partial charge in [-0.25, -0.2) is 19.3 Å². The van der Waals surface area contributed by atoms with Crippen LogP contribution in [0.15, 0.2) is 48.8 Å². The van der Waals surface area contributed by atoms with E-state index in [9.17, 15) is 4.79 Å². The van der Waals surface area contributed by atoms with Crippen LogP contribution in [-0.4, -0.2) is 37.4 Å². The number of alkyl halides is 1. The molecule has 2 saturated carbocycles. The largest absolute Gasteiger partial charge is 0.331 e. The molecule has 8 heteroatoms. The van der Waals surface area contributed by atoms with Crippen LogP contribution in [0.5, 0.6) is 0 Å². The van der Waals surface area contributed by atoms with Gasteiger partial charge in [0.05, 0.1) is 28.7 Å². The van der Waals surface area contributed by atoms with Crippen molar-refractivity contribution in [2.75, 3.05) is 7.05 Å².